The minimum atomic E-state index is -0.890. The summed E-state index contributed by atoms with van der Waals surface area (Å²) in [6.45, 7) is 2.83. The van der Waals surface area contributed by atoms with Crippen LogP contribution in [0, 0.1) is 10.1 Å². The molecule has 0 atom stereocenters. The van der Waals surface area contributed by atoms with Crippen LogP contribution in [0.2, 0.25) is 0 Å². The highest BCUT2D eigenvalue weighted by Crippen LogP contribution is 2.30. The molecule has 0 unspecified atom stereocenters. The van der Waals surface area contributed by atoms with Crippen molar-refractivity contribution < 1.29 is 24.4 Å². The van der Waals surface area contributed by atoms with Crippen LogP contribution in [0.15, 0.2) is 52.7 Å². The van der Waals surface area contributed by atoms with Crippen LogP contribution >= 0.6 is 0 Å². The molecule has 0 aliphatic heterocycles. The van der Waals surface area contributed by atoms with Crippen LogP contribution in [0.3, 0.4) is 0 Å². The second-order valence-corrected chi connectivity index (χ2v) is 10.9. The third-order valence-corrected chi connectivity index (χ3v) is 7.20. The number of hydrogen-bond donors (Lipinski definition) is 2. The number of carbonyl (C=O) groups excluding carboxylic acids is 1. The van der Waals surface area contributed by atoms with E-state index in [2.05, 4.69) is 22.5 Å². The van der Waals surface area contributed by atoms with Gasteiger partial charge < -0.3 is 15.2 Å². The van der Waals surface area contributed by atoms with E-state index >= 15 is 0 Å². The first-order valence-electron chi connectivity index (χ1n) is 15.8. The van der Waals surface area contributed by atoms with E-state index in [9.17, 15) is 19.7 Å². The number of nitrogens with zero attached hydrogens (tertiary/aromatic N) is 3. The molecule has 0 aliphatic rings. The van der Waals surface area contributed by atoms with Crippen molar-refractivity contribution in [2.75, 3.05) is 18.5 Å². The Kier molecular flexibility index (Phi) is 18.0. The minimum Gasteiger partial charge on any atom is -0.481 e. The van der Waals surface area contributed by atoms with Gasteiger partial charge in [0.25, 0.3) is 5.69 Å². The lowest BCUT2D eigenvalue weighted by Gasteiger charge is -2.06. The van der Waals surface area contributed by atoms with Crippen LogP contribution in [0.25, 0.3) is 0 Å². The fourth-order valence-electron chi connectivity index (χ4n) is 4.67. The number of aliphatic carboxylic acids is 1. The lowest BCUT2D eigenvalue weighted by Crippen LogP contribution is -2.07. The normalized spacial score (nSPS) is 11.1. The van der Waals surface area contributed by atoms with E-state index in [0.717, 1.165) is 24.9 Å². The number of esters is 1. The van der Waals surface area contributed by atoms with Crippen molar-refractivity contribution in [3.63, 3.8) is 0 Å². The molecule has 0 bridgehead atoms. The highest BCUT2D eigenvalue weighted by molar-refractivity contribution is 5.91. The molecule has 0 aliphatic carbocycles. The first kappa shape index (κ1) is 35.4. The molecule has 0 spiro atoms. The molecule has 10 heteroatoms. The number of benzene rings is 2. The number of anilines is 1. The number of nitro benzene ring substituents is 1. The second-order valence-electron chi connectivity index (χ2n) is 10.9. The Hall–Kier alpha value is -3.82. The first-order chi connectivity index (χ1) is 20.9. The van der Waals surface area contributed by atoms with E-state index in [0.29, 0.717) is 5.69 Å². The van der Waals surface area contributed by atoms with E-state index < -0.39 is 16.9 Å². The number of carboxylic acids is 1. The van der Waals surface area contributed by atoms with Gasteiger partial charge in [-0.15, -0.1) is 5.11 Å². The number of unbranched alkanes of at least 4 members (excludes halogenated alkanes) is 14. The Morgan fingerprint density at radius 3 is 1.91 bits per heavy atom. The van der Waals surface area contributed by atoms with Gasteiger partial charge in [0, 0.05) is 18.3 Å². The maximum Gasteiger partial charge on any atom is 0.338 e. The summed E-state index contributed by atoms with van der Waals surface area (Å²) in [5.74, 6) is -1.48. The zero-order valence-corrected chi connectivity index (χ0v) is 25.6. The largest absolute Gasteiger partial charge is 0.481 e. The fraction of sp³-hybridized carbons (Fsp3) is 0.576. The summed E-state index contributed by atoms with van der Waals surface area (Å²) in [6.07, 6.45) is 18.8. The Labute approximate surface area is 255 Å². The number of ether oxygens (including phenoxy) is 1. The highest BCUT2D eigenvalue weighted by Gasteiger charge is 2.18. The molecule has 43 heavy (non-hydrogen) atoms. The Morgan fingerprint density at radius 1 is 0.814 bits per heavy atom. The van der Waals surface area contributed by atoms with Crippen LogP contribution in [0.4, 0.5) is 22.7 Å². The third kappa shape index (κ3) is 15.8. The molecular weight excluding hydrogens is 548 g/mol. The predicted octanol–water partition coefficient (Wildman–Crippen LogP) is 9.92. The molecule has 2 aromatic rings. The van der Waals surface area contributed by atoms with Crippen molar-refractivity contribution in [2.24, 2.45) is 10.2 Å². The maximum atomic E-state index is 12.5. The van der Waals surface area contributed by atoms with Gasteiger partial charge in [-0.3, -0.25) is 14.9 Å². The molecule has 0 saturated carbocycles. The van der Waals surface area contributed by atoms with Crippen molar-refractivity contribution in [3.05, 3.63) is 58.1 Å². The summed E-state index contributed by atoms with van der Waals surface area (Å²) < 4.78 is 5.34. The van der Waals surface area contributed by atoms with Crippen molar-refractivity contribution in [1.29, 1.82) is 0 Å². The van der Waals surface area contributed by atoms with Crippen LogP contribution in [0.5, 0.6) is 0 Å². The smallest absolute Gasteiger partial charge is 0.338 e. The van der Waals surface area contributed by atoms with E-state index in [1.807, 2.05) is 0 Å². The average molecular weight is 597 g/mol. The Balaban J connectivity index is 1.65. The Morgan fingerprint density at radius 2 is 1.37 bits per heavy atom. The van der Waals surface area contributed by atoms with E-state index in [1.165, 1.54) is 95.2 Å². The van der Waals surface area contributed by atoms with Crippen molar-refractivity contribution in [2.45, 2.75) is 110 Å². The van der Waals surface area contributed by atoms with E-state index in [1.54, 1.807) is 24.3 Å². The molecule has 0 radical (unpaired) electrons. The molecule has 2 rings (SSSR count). The van der Waals surface area contributed by atoms with Crippen LogP contribution < -0.4 is 5.32 Å². The average Bonchev–Trinajstić information content (AvgIpc) is 3.00. The first-order valence-corrected chi connectivity index (χ1v) is 15.8. The number of carbonyl (C=O) groups is 2. The van der Waals surface area contributed by atoms with E-state index in [-0.39, 0.29) is 36.5 Å². The molecule has 0 heterocycles. The number of nitro groups is 1. The summed E-state index contributed by atoms with van der Waals surface area (Å²) in [7, 11) is 0. The number of nitrogens with one attached hydrogen (secondary N) is 1. The molecule has 0 amide bonds. The minimum absolute atomic E-state index is 0.00578. The quantitative estimate of drug-likeness (QED) is 0.0403. The van der Waals surface area contributed by atoms with Gasteiger partial charge in [-0.2, -0.15) is 5.11 Å². The number of azo groups is 1. The van der Waals surface area contributed by atoms with Crippen molar-refractivity contribution in [1.82, 2.24) is 0 Å². The van der Waals surface area contributed by atoms with Crippen LogP contribution in [-0.2, 0) is 9.53 Å². The SMILES string of the molecule is CCCCCCCCCCCCCCCCCOC(=O)c1ccc(N=Nc2ccc(NCCC(=O)O)cc2)c([N+](=O)[O-])c1. The monoisotopic (exact) mass is 596 g/mol. The van der Waals surface area contributed by atoms with Gasteiger partial charge >= 0.3 is 11.9 Å². The topological polar surface area (TPSA) is 143 Å². The van der Waals surface area contributed by atoms with Gasteiger partial charge in [0.2, 0.25) is 0 Å². The van der Waals surface area contributed by atoms with Gasteiger partial charge in [0.1, 0.15) is 0 Å². The molecular formula is C33H48N4O6. The molecule has 0 aromatic heterocycles. The second kappa shape index (κ2) is 21.8. The van der Waals surface area contributed by atoms with Gasteiger partial charge in [-0.05, 0) is 42.8 Å². The molecule has 2 N–H and O–H groups in total. The summed E-state index contributed by atoms with van der Waals surface area (Å²) >= 11 is 0. The Bertz CT molecular complexity index is 1140. The number of hydrogen-bond acceptors (Lipinski definition) is 8. The lowest BCUT2D eigenvalue weighted by molar-refractivity contribution is -0.384. The predicted molar refractivity (Wildman–Crippen MR) is 170 cm³/mol. The zero-order chi connectivity index (χ0) is 31.1. The van der Waals surface area contributed by atoms with Gasteiger partial charge in [-0.25, -0.2) is 4.79 Å². The number of rotatable bonds is 24. The van der Waals surface area contributed by atoms with Crippen LogP contribution in [0.1, 0.15) is 120 Å². The standard InChI is InChI=1S/C33H48N4O6/c1-2-3-4-5-6-7-8-9-10-11-12-13-14-15-16-25-43-33(40)27-17-22-30(31(26-27)37(41)42)36-35-29-20-18-28(19-21-29)34-24-23-32(38)39/h17-22,26,34H,2-16,23-25H2,1H3,(H,38,39). The third-order valence-electron chi connectivity index (χ3n) is 7.20. The molecule has 0 saturated heterocycles. The molecule has 236 valence electrons. The summed E-state index contributed by atoms with van der Waals surface area (Å²) in [5.41, 5.74) is 0.969. The molecule has 2 aromatic carbocycles. The number of carboxylic acid groups (broad SMARTS) is 1. The lowest BCUT2D eigenvalue weighted by atomic mass is 10.0. The fourth-order valence-corrected chi connectivity index (χ4v) is 4.67. The zero-order valence-electron chi connectivity index (χ0n) is 25.6. The summed E-state index contributed by atoms with van der Waals surface area (Å²) in [5, 5.41) is 31.3. The summed E-state index contributed by atoms with van der Waals surface area (Å²) in [6, 6.07) is 10.7. The highest BCUT2D eigenvalue weighted by atomic mass is 16.6. The maximum absolute atomic E-state index is 12.5. The van der Waals surface area contributed by atoms with E-state index in [4.69, 9.17) is 9.84 Å². The van der Waals surface area contributed by atoms with Crippen LogP contribution in [-0.4, -0.2) is 35.1 Å². The van der Waals surface area contributed by atoms with Gasteiger partial charge in [-0.1, -0.05) is 96.8 Å². The molecule has 0 fully saturated rings. The van der Waals surface area contributed by atoms with Crippen molar-refractivity contribution >= 4 is 34.7 Å². The van der Waals surface area contributed by atoms with Gasteiger partial charge in [0.05, 0.1) is 29.2 Å². The van der Waals surface area contributed by atoms with Crippen molar-refractivity contribution in [3.8, 4) is 0 Å². The molecule has 10 nitrogen and oxygen atoms in total. The van der Waals surface area contributed by atoms with Gasteiger partial charge in [0.15, 0.2) is 5.69 Å². The summed E-state index contributed by atoms with van der Waals surface area (Å²) in [4.78, 5) is 34.1.